The second-order valence-corrected chi connectivity index (χ2v) is 8.64. The minimum Gasteiger partial charge on any atom is -0.352 e. The predicted octanol–water partition coefficient (Wildman–Crippen LogP) is 2.45. The lowest BCUT2D eigenvalue weighted by atomic mass is 10.0. The summed E-state index contributed by atoms with van der Waals surface area (Å²) in [4.78, 5) is 11.9. The molecule has 4 atom stereocenters. The molecule has 1 aromatic heterocycles. The molecule has 0 radical (unpaired) electrons. The van der Waals surface area contributed by atoms with Crippen LogP contribution in [-0.2, 0) is 4.79 Å². The fourth-order valence-corrected chi connectivity index (χ4v) is 6.04. The van der Waals surface area contributed by atoms with Crippen molar-refractivity contribution < 1.29 is 4.79 Å². The number of carbonyl (C=O) groups excluding carboxylic acids is 1. The van der Waals surface area contributed by atoms with Gasteiger partial charge in [-0.1, -0.05) is 23.1 Å². The zero-order valence-electron chi connectivity index (χ0n) is 10.3. The van der Waals surface area contributed by atoms with Crippen molar-refractivity contribution in [1.29, 1.82) is 0 Å². The van der Waals surface area contributed by atoms with E-state index < -0.39 is 0 Å². The summed E-state index contributed by atoms with van der Waals surface area (Å²) in [7, 11) is 0. The van der Waals surface area contributed by atoms with Gasteiger partial charge < -0.3 is 5.32 Å². The zero-order valence-corrected chi connectivity index (χ0v) is 12.7. The summed E-state index contributed by atoms with van der Waals surface area (Å²) < 4.78 is 1.51. The van der Waals surface area contributed by atoms with Crippen molar-refractivity contribution in [2.24, 2.45) is 23.7 Å². The zero-order chi connectivity index (χ0) is 13.0. The molecule has 3 saturated carbocycles. The summed E-state index contributed by atoms with van der Waals surface area (Å²) in [6.45, 7) is 0. The lowest BCUT2D eigenvalue weighted by Crippen LogP contribution is -2.31. The average Bonchev–Trinajstić information content (AvgIpc) is 2.79. The van der Waals surface area contributed by atoms with Crippen LogP contribution in [0.2, 0.25) is 0 Å². The SMILES string of the molecule is O=C(CSc1n[nH]c(=S)s1)NC1C2C3CCC(C3)C12. The standard InChI is InChI=1S/C12H15N3OS3/c16-7(4-18-12-15-14-11(17)19-12)13-10-8-5-1-2-6(3-5)9(8)10/h5-6,8-10H,1-4H2,(H,13,16)(H,14,17). The van der Waals surface area contributed by atoms with E-state index in [1.807, 2.05) is 0 Å². The lowest BCUT2D eigenvalue weighted by molar-refractivity contribution is -0.118. The second kappa shape index (κ2) is 4.56. The van der Waals surface area contributed by atoms with Gasteiger partial charge in [-0.15, -0.1) is 0 Å². The molecule has 4 rings (SSSR count). The number of hydrogen-bond acceptors (Lipinski definition) is 5. The number of H-pyrrole nitrogens is 1. The Labute approximate surface area is 124 Å². The van der Waals surface area contributed by atoms with Gasteiger partial charge in [0.2, 0.25) is 5.91 Å². The predicted molar refractivity (Wildman–Crippen MR) is 77.8 cm³/mol. The fraction of sp³-hybridized carbons (Fsp3) is 0.750. The first-order valence-electron chi connectivity index (χ1n) is 6.70. The van der Waals surface area contributed by atoms with Crippen molar-refractivity contribution in [2.45, 2.75) is 29.6 Å². The molecule has 0 saturated heterocycles. The Balaban J connectivity index is 1.28. The molecule has 3 aliphatic carbocycles. The van der Waals surface area contributed by atoms with E-state index in [1.165, 1.54) is 42.4 Å². The van der Waals surface area contributed by atoms with E-state index in [-0.39, 0.29) is 5.91 Å². The lowest BCUT2D eigenvalue weighted by Gasteiger charge is -2.09. The maximum atomic E-state index is 11.9. The number of nitrogens with zero attached hydrogens (tertiary/aromatic N) is 1. The number of carbonyl (C=O) groups is 1. The number of aromatic amines is 1. The first-order chi connectivity index (χ1) is 9.22. The van der Waals surface area contributed by atoms with Crippen molar-refractivity contribution >= 4 is 41.2 Å². The number of rotatable bonds is 4. The van der Waals surface area contributed by atoms with E-state index in [9.17, 15) is 4.79 Å². The van der Waals surface area contributed by atoms with Gasteiger partial charge in [0.05, 0.1) is 5.75 Å². The largest absolute Gasteiger partial charge is 0.352 e. The average molecular weight is 313 g/mol. The van der Waals surface area contributed by atoms with Crippen LogP contribution < -0.4 is 5.32 Å². The number of aromatic nitrogens is 2. The van der Waals surface area contributed by atoms with Gasteiger partial charge in [-0.25, -0.2) is 0 Å². The second-order valence-electron chi connectivity index (χ2n) is 5.75. The third kappa shape index (κ3) is 2.15. The van der Waals surface area contributed by atoms with Crippen LogP contribution in [0.4, 0.5) is 0 Å². The number of hydrogen-bond donors (Lipinski definition) is 2. The van der Waals surface area contributed by atoms with Crippen LogP contribution in [0.25, 0.3) is 0 Å². The monoisotopic (exact) mass is 313 g/mol. The van der Waals surface area contributed by atoms with Gasteiger partial charge in [-0.2, -0.15) is 5.10 Å². The van der Waals surface area contributed by atoms with E-state index in [2.05, 4.69) is 15.5 Å². The number of thioether (sulfide) groups is 1. The first kappa shape index (κ1) is 12.3. The molecule has 0 aromatic carbocycles. The quantitative estimate of drug-likeness (QED) is 0.662. The molecule has 0 spiro atoms. The van der Waals surface area contributed by atoms with E-state index in [0.29, 0.717) is 15.7 Å². The normalized spacial score (nSPS) is 38.2. The molecule has 2 N–H and O–H groups in total. The topological polar surface area (TPSA) is 57.8 Å². The molecule has 4 unspecified atom stereocenters. The van der Waals surface area contributed by atoms with Gasteiger partial charge >= 0.3 is 0 Å². The van der Waals surface area contributed by atoms with Crippen LogP contribution in [0.1, 0.15) is 19.3 Å². The Kier molecular flexibility index (Phi) is 2.97. The highest BCUT2D eigenvalue weighted by Gasteiger charge is 2.65. The Hall–Kier alpha value is -0.400. The van der Waals surface area contributed by atoms with E-state index >= 15 is 0 Å². The fourth-order valence-electron chi connectivity index (χ4n) is 4.15. The van der Waals surface area contributed by atoms with Crippen molar-refractivity contribution in [1.82, 2.24) is 15.5 Å². The molecule has 1 heterocycles. The van der Waals surface area contributed by atoms with Gasteiger partial charge in [0.15, 0.2) is 8.29 Å². The van der Waals surface area contributed by atoms with Gasteiger partial charge in [0.25, 0.3) is 0 Å². The summed E-state index contributed by atoms with van der Waals surface area (Å²) in [5.41, 5.74) is 0. The maximum absolute atomic E-state index is 11.9. The smallest absolute Gasteiger partial charge is 0.230 e. The van der Waals surface area contributed by atoms with E-state index in [1.54, 1.807) is 0 Å². The van der Waals surface area contributed by atoms with Crippen molar-refractivity contribution in [3.8, 4) is 0 Å². The molecule has 2 bridgehead atoms. The molecule has 3 aliphatic rings. The van der Waals surface area contributed by atoms with Crippen LogP contribution in [0.15, 0.2) is 4.34 Å². The summed E-state index contributed by atoms with van der Waals surface area (Å²) in [6, 6.07) is 0.483. The van der Waals surface area contributed by atoms with Crippen LogP contribution in [0.5, 0.6) is 0 Å². The molecule has 102 valence electrons. The third-order valence-electron chi connectivity index (χ3n) is 4.81. The number of amides is 1. The molecule has 3 fully saturated rings. The van der Waals surface area contributed by atoms with Gasteiger partial charge in [-0.05, 0) is 55.2 Å². The summed E-state index contributed by atoms with van der Waals surface area (Å²) in [6.07, 6.45) is 4.21. The van der Waals surface area contributed by atoms with Crippen molar-refractivity contribution in [3.05, 3.63) is 3.95 Å². The molecule has 7 heteroatoms. The van der Waals surface area contributed by atoms with Gasteiger partial charge in [0.1, 0.15) is 0 Å². The minimum absolute atomic E-state index is 0.143. The summed E-state index contributed by atoms with van der Waals surface area (Å²) >= 11 is 7.85. The third-order valence-corrected chi connectivity index (χ3v) is 7.04. The molecular weight excluding hydrogens is 298 g/mol. The summed E-state index contributed by atoms with van der Waals surface area (Å²) in [5, 5.41) is 9.99. The minimum atomic E-state index is 0.143. The number of nitrogens with one attached hydrogen (secondary N) is 2. The Bertz CT molecular complexity index is 553. The molecule has 4 nitrogen and oxygen atoms in total. The maximum Gasteiger partial charge on any atom is 0.230 e. The molecule has 0 aliphatic heterocycles. The van der Waals surface area contributed by atoms with Crippen molar-refractivity contribution in [2.75, 3.05) is 5.75 Å². The van der Waals surface area contributed by atoms with E-state index in [4.69, 9.17) is 12.2 Å². The molecular formula is C12H15N3OS3. The Morgan fingerprint density at radius 1 is 1.47 bits per heavy atom. The molecule has 1 aromatic rings. The van der Waals surface area contributed by atoms with Gasteiger partial charge in [-0.3, -0.25) is 9.89 Å². The highest BCUT2D eigenvalue weighted by molar-refractivity contribution is 8.01. The van der Waals surface area contributed by atoms with Crippen LogP contribution >= 0.6 is 35.3 Å². The van der Waals surface area contributed by atoms with E-state index in [0.717, 1.165) is 28.0 Å². The van der Waals surface area contributed by atoms with Crippen LogP contribution in [0.3, 0.4) is 0 Å². The molecule has 19 heavy (non-hydrogen) atoms. The number of fused-ring (bicyclic) bond motifs is 5. The van der Waals surface area contributed by atoms with Crippen LogP contribution in [0, 0.1) is 27.6 Å². The highest BCUT2D eigenvalue weighted by Crippen LogP contribution is 2.65. The first-order valence-corrected chi connectivity index (χ1v) is 8.91. The molecule has 1 amide bonds. The van der Waals surface area contributed by atoms with Gasteiger partial charge in [0, 0.05) is 6.04 Å². The summed E-state index contributed by atoms with van der Waals surface area (Å²) in [5.74, 6) is 4.01. The van der Waals surface area contributed by atoms with Crippen molar-refractivity contribution in [3.63, 3.8) is 0 Å². The highest BCUT2D eigenvalue weighted by atomic mass is 32.2. The Morgan fingerprint density at radius 3 is 2.84 bits per heavy atom. The van der Waals surface area contributed by atoms with Crippen LogP contribution in [-0.4, -0.2) is 27.9 Å². The Morgan fingerprint density at radius 2 is 2.21 bits per heavy atom.